The minimum absolute atomic E-state index is 0.374. The van der Waals surface area contributed by atoms with Crippen LogP contribution in [0.1, 0.15) is 44.7 Å². The van der Waals surface area contributed by atoms with Crippen LogP contribution in [0.15, 0.2) is 54.6 Å². The summed E-state index contributed by atoms with van der Waals surface area (Å²) in [5.74, 6) is -0.106. The smallest absolute Gasteiger partial charge is 0.482 e. The van der Waals surface area contributed by atoms with Gasteiger partial charge in [-0.25, -0.2) is 4.79 Å². The van der Waals surface area contributed by atoms with Crippen molar-refractivity contribution in [3.05, 3.63) is 65.7 Å². The van der Waals surface area contributed by atoms with Crippen molar-refractivity contribution in [2.24, 2.45) is 0 Å². The first-order chi connectivity index (χ1) is 16.7. The first-order valence-electron chi connectivity index (χ1n) is 11.3. The van der Waals surface area contributed by atoms with Crippen molar-refractivity contribution in [3.63, 3.8) is 0 Å². The van der Waals surface area contributed by atoms with E-state index < -0.39 is 38.7 Å². The van der Waals surface area contributed by atoms with Gasteiger partial charge in [0, 0.05) is 31.5 Å². The van der Waals surface area contributed by atoms with Crippen molar-refractivity contribution in [3.8, 4) is 11.5 Å². The lowest BCUT2D eigenvalue weighted by atomic mass is 9.83. The topological polar surface area (TPSA) is 82.1 Å². The lowest BCUT2D eigenvalue weighted by Gasteiger charge is -2.43. The van der Waals surface area contributed by atoms with Crippen LogP contribution in [0.2, 0.25) is 0 Å². The Bertz CT molecular complexity index is 1280. The molecule has 0 atom stereocenters. The van der Waals surface area contributed by atoms with Gasteiger partial charge in [-0.05, 0) is 56.2 Å². The Morgan fingerprint density at radius 2 is 1.67 bits per heavy atom. The number of benzene rings is 2. The van der Waals surface area contributed by atoms with E-state index in [2.05, 4.69) is 4.18 Å². The van der Waals surface area contributed by atoms with Crippen LogP contribution in [0.25, 0.3) is 5.57 Å². The van der Waals surface area contributed by atoms with E-state index in [4.69, 9.17) is 9.47 Å². The lowest BCUT2D eigenvalue weighted by Crippen LogP contribution is -2.50. The number of halogens is 3. The van der Waals surface area contributed by atoms with Gasteiger partial charge in [-0.3, -0.25) is 0 Å². The van der Waals surface area contributed by atoms with Gasteiger partial charge < -0.3 is 18.6 Å². The molecule has 0 radical (unpaired) electrons. The number of hydrogen-bond donors (Lipinski definition) is 0. The van der Waals surface area contributed by atoms with Crippen LogP contribution in [-0.2, 0) is 14.9 Å². The van der Waals surface area contributed by atoms with Crippen LogP contribution < -0.4 is 8.92 Å². The van der Waals surface area contributed by atoms with Gasteiger partial charge in [0.05, 0.1) is 0 Å². The summed E-state index contributed by atoms with van der Waals surface area (Å²) in [7, 11) is -5.82. The maximum Gasteiger partial charge on any atom is 0.534 e. The number of likely N-dealkylation sites (tertiary alicyclic amines) is 1. The third-order valence-corrected chi connectivity index (χ3v) is 6.78. The molecular weight excluding hydrogens is 499 g/mol. The Hall–Kier alpha value is -3.21. The Kier molecular flexibility index (Phi) is 6.48. The Labute approximate surface area is 207 Å². The van der Waals surface area contributed by atoms with Crippen LogP contribution in [-0.4, -0.2) is 49.2 Å². The quantitative estimate of drug-likeness (QED) is 0.388. The van der Waals surface area contributed by atoms with Crippen LogP contribution in [0.5, 0.6) is 11.5 Å². The van der Waals surface area contributed by atoms with Gasteiger partial charge in [0.1, 0.15) is 22.7 Å². The molecule has 194 valence electrons. The number of alkyl halides is 3. The fraction of sp³-hybridized carbons (Fsp3) is 0.400. The highest BCUT2D eigenvalue weighted by Crippen LogP contribution is 2.45. The number of hydrogen-bond acceptors (Lipinski definition) is 6. The van der Waals surface area contributed by atoms with Gasteiger partial charge in [0.25, 0.3) is 0 Å². The molecule has 2 aromatic carbocycles. The third kappa shape index (κ3) is 5.45. The molecule has 1 saturated heterocycles. The van der Waals surface area contributed by atoms with Gasteiger partial charge in [-0.1, -0.05) is 30.3 Å². The average Bonchev–Trinajstić information content (AvgIpc) is 2.78. The number of rotatable bonds is 3. The molecule has 0 aromatic heterocycles. The molecule has 0 N–H and O–H groups in total. The zero-order valence-corrected chi connectivity index (χ0v) is 20.8. The fourth-order valence-corrected chi connectivity index (χ4v) is 4.57. The number of carbonyl (C=O) groups is 1. The number of piperidine rings is 1. The Morgan fingerprint density at radius 3 is 2.25 bits per heavy atom. The molecule has 4 rings (SSSR count). The monoisotopic (exact) mass is 525 g/mol. The van der Waals surface area contributed by atoms with Crippen molar-refractivity contribution in [2.45, 2.75) is 50.3 Å². The van der Waals surface area contributed by atoms with Gasteiger partial charge in [-0.2, -0.15) is 21.6 Å². The molecule has 2 aliphatic rings. The minimum Gasteiger partial charge on any atom is -0.482 e. The summed E-state index contributed by atoms with van der Waals surface area (Å²) < 4.78 is 77.7. The van der Waals surface area contributed by atoms with E-state index in [1.54, 1.807) is 25.7 Å². The summed E-state index contributed by atoms with van der Waals surface area (Å²) in [6, 6.07) is 12.9. The second-order valence-electron chi connectivity index (χ2n) is 9.70. The standard InChI is InChI=1S/C25H26F3NO6S/c1-23(2,3)34-22(30)29-13-11-24(12-14-29)16-20(17-7-5-4-6-8-17)19-15-18(9-10-21(19)33-24)35-36(31,32)25(26,27)28/h4-10,15-16H,11-14H2,1-3H3. The highest BCUT2D eigenvalue weighted by molar-refractivity contribution is 7.88. The Morgan fingerprint density at radius 1 is 1.03 bits per heavy atom. The molecule has 1 spiro atoms. The molecule has 7 nitrogen and oxygen atoms in total. The van der Waals surface area contributed by atoms with Crippen LogP contribution in [0.4, 0.5) is 18.0 Å². The van der Waals surface area contributed by atoms with E-state index in [0.29, 0.717) is 42.8 Å². The van der Waals surface area contributed by atoms with E-state index in [0.717, 1.165) is 11.6 Å². The summed E-state index contributed by atoms with van der Waals surface area (Å²) in [5, 5.41) is 0. The molecule has 0 unspecified atom stereocenters. The van der Waals surface area contributed by atoms with Crippen molar-refractivity contribution in [1.29, 1.82) is 0 Å². The molecule has 0 aliphatic carbocycles. The van der Waals surface area contributed by atoms with Gasteiger partial charge in [0.15, 0.2) is 0 Å². The van der Waals surface area contributed by atoms with E-state index >= 15 is 0 Å². The number of ether oxygens (including phenoxy) is 2. The molecule has 1 amide bonds. The molecular formula is C25H26F3NO6S. The zero-order valence-electron chi connectivity index (χ0n) is 20.0. The maximum absolute atomic E-state index is 12.8. The van der Waals surface area contributed by atoms with Crippen molar-refractivity contribution >= 4 is 21.8 Å². The average molecular weight is 526 g/mol. The van der Waals surface area contributed by atoms with Crippen molar-refractivity contribution in [2.75, 3.05) is 13.1 Å². The second kappa shape index (κ2) is 9.02. The molecule has 1 fully saturated rings. The number of nitrogens with zero attached hydrogens (tertiary/aromatic N) is 1. The SMILES string of the molecule is CC(C)(C)OC(=O)N1CCC2(C=C(c3ccccc3)c3cc(OS(=O)(=O)C(F)(F)F)ccc3O2)CC1. The zero-order chi connectivity index (χ0) is 26.4. The highest BCUT2D eigenvalue weighted by atomic mass is 32.2. The van der Waals surface area contributed by atoms with Crippen LogP contribution >= 0.6 is 0 Å². The molecule has 2 aromatic rings. The number of carbonyl (C=O) groups excluding carboxylic acids is 1. The van der Waals surface area contributed by atoms with Gasteiger partial charge in [-0.15, -0.1) is 0 Å². The Balaban J connectivity index is 1.66. The molecule has 2 heterocycles. The van der Waals surface area contributed by atoms with Crippen molar-refractivity contribution in [1.82, 2.24) is 4.90 Å². The fourth-order valence-electron chi connectivity index (χ4n) is 4.12. The molecule has 0 saturated carbocycles. The highest BCUT2D eigenvalue weighted by Gasteiger charge is 2.49. The van der Waals surface area contributed by atoms with Crippen LogP contribution in [0, 0.1) is 0 Å². The summed E-state index contributed by atoms with van der Waals surface area (Å²) in [5.41, 5.74) is -5.10. The lowest BCUT2D eigenvalue weighted by molar-refractivity contribution is -0.0500. The number of fused-ring (bicyclic) bond motifs is 1. The van der Waals surface area contributed by atoms with Gasteiger partial charge in [0.2, 0.25) is 0 Å². The van der Waals surface area contributed by atoms with E-state index in [-0.39, 0.29) is 0 Å². The van der Waals surface area contributed by atoms with E-state index in [9.17, 15) is 26.4 Å². The largest absolute Gasteiger partial charge is 0.534 e. The van der Waals surface area contributed by atoms with Crippen molar-refractivity contribution < 1.29 is 40.0 Å². The second-order valence-corrected chi connectivity index (χ2v) is 11.2. The first-order valence-corrected chi connectivity index (χ1v) is 12.7. The maximum atomic E-state index is 12.8. The summed E-state index contributed by atoms with van der Waals surface area (Å²) in [6.07, 6.45) is 2.40. The third-order valence-electron chi connectivity index (χ3n) is 5.80. The van der Waals surface area contributed by atoms with E-state index in [1.165, 1.54) is 12.1 Å². The normalized spacial score (nSPS) is 17.6. The minimum atomic E-state index is -5.82. The molecule has 0 bridgehead atoms. The predicted molar refractivity (Wildman–Crippen MR) is 126 cm³/mol. The predicted octanol–water partition coefficient (Wildman–Crippen LogP) is 5.51. The summed E-state index contributed by atoms with van der Waals surface area (Å²) >= 11 is 0. The molecule has 2 aliphatic heterocycles. The van der Waals surface area contributed by atoms with Gasteiger partial charge >= 0.3 is 21.7 Å². The van der Waals surface area contributed by atoms with E-state index in [1.807, 2.05) is 36.4 Å². The summed E-state index contributed by atoms with van der Waals surface area (Å²) in [6.45, 7) is 6.15. The molecule has 36 heavy (non-hydrogen) atoms. The summed E-state index contributed by atoms with van der Waals surface area (Å²) in [4.78, 5) is 14.1. The van der Waals surface area contributed by atoms with Crippen LogP contribution in [0.3, 0.4) is 0 Å². The number of amides is 1. The first kappa shape index (κ1) is 25.9. The molecule has 11 heteroatoms.